The molecule has 13 heteroatoms. The Morgan fingerprint density at radius 1 is 0.463 bits per heavy atom. The van der Waals surface area contributed by atoms with Gasteiger partial charge in [-0.15, -0.1) is 0 Å². The van der Waals surface area contributed by atoms with Gasteiger partial charge >= 0.3 is 0 Å². The lowest BCUT2D eigenvalue weighted by Crippen LogP contribution is -2.53. The first-order valence-electron chi connectivity index (χ1n) is 35.9. The minimum atomic E-state index is -0.981. The first-order chi connectivity index (χ1) is 45.1. The third-order valence-electron chi connectivity index (χ3n) is 18.2. The summed E-state index contributed by atoms with van der Waals surface area (Å²) in [5, 5.41) is 15.0. The van der Waals surface area contributed by atoms with E-state index >= 15 is 0 Å². The van der Waals surface area contributed by atoms with Crippen molar-refractivity contribution in [2.45, 2.75) is 238 Å². The van der Waals surface area contributed by atoms with Crippen LogP contribution in [0.15, 0.2) is 165 Å². The van der Waals surface area contributed by atoms with E-state index < -0.39 is 23.9 Å². The van der Waals surface area contributed by atoms with Crippen LogP contribution in [0, 0.1) is 22.2 Å². The zero-order chi connectivity index (χ0) is 70.2. The number of unbranched alkanes of at least 4 members (excludes halogenated alkanes) is 2. The van der Waals surface area contributed by atoms with Gasteiger partial charge in [-0.25, -0.2) is 0 Å². The van der Waals surface area contributed by atoms with Crippen molar-refractivity contribution in [3.05, 3.63) is 165 Å². The molecule has 0 aromatic carbocycles. The average molecular weight is 1310 g/mol. The van der Waals surface area contributed by atoms with Crippen molar-refractivity contribution in [3.8, 4) is 0 Å². The van der Waals surface area contributed by atoms with Crippen LogP contribution in [0.5, 0.6) is 0 Å². The Labute approximate surface area is 576 Å². The lowest BCUT2D eigenvalue weighted by molar-refractivity contribution is -0.131. The molecule has 0 aromatic rings. The van der Waals surface area contributed by atoms with E-state index in [2.05, 4.69) is 165 Å². The Kier molecular flexibility index (Phi) is 39.4. The topological polar surface area (TPSA) is 173 Å². The molecule has 0 spiro atoms. The fraction of sp³-hybridized carbons (Fsp3) is 0.598. The number of carbonyl (C=O) groups is 5. The summed E-state index contributed by atoms with van der Waals surface area (Å²) < 4.78 is 16.8. The molecular formula is C82H127N5O8. The van der Waals surface area contributed by atoms with Gasteiger partial charge in [-0.2, -0.15) is 0 Å². The van der Waals surface area contributed by atoms with Gasteiger partial charge in [0.05, 0.1) is 26.4 Å². The number of carbonyl (C=O) groups excluding carboxylic acids is 5. The molecular weight excluding hydrogens is 1180 g/mol. The summed E-state index contributed by atoms with van der Waals surface area (Å²) in [4.78, 5) is 68.5. The molecule has 0 aliphatic heterocycles. The Morgan fingerprint density at radius 3 is 1.34 bits per heavy atom. The van der Waals surface area contributed by atoms with Crippen LogP contribution >= 0.6 is 0 Å². The molecule has 0 bridgehead atoms. The second-order valence-electron chi connectivity index (χ2n) is 28.8. The van der Waals surface area contributed by atoms with Crippen LogP contribution in [-0.4, -0.2) is 101 Å². The molecule has 3 atom stereocenters. The summed E-state index contributed by atoms with van der Waals surface area (Å²) in [5.41, 5.74) is 14.0. The van der Waals surface area contributed by atoms with Crippen LogP contribution in [-0.2, 0) is 38.2 Å². The highest BCUT2D eigenvalue weighted by molar-refractivity contribution is 5.95. The first-order valence-corrected chi connectivity index (χ1v) is 35.9. The van der Waals surface area contributed by atoms with Crippen molar-refractivity contribution < 1.29 is 38.2 Å². The van der Waals surface area contributed by atoms with E-state index in [1.807, 2.05) is 63.3 Å². The first kappa shape index (κ1) is 82.8. The van der Waals surface area contributed by atoms with Gasteiger partial charge in [0.1, 0.15) is 12.1 Å². The maximum atomic E-state index is 14.5. The molecule has 95 heavy (non-hydrogen) atoms. The smallest absolute Gasteiger partial charge is 0.244 e. The van der Waals surface area contributed by atoms with E-state index in [4.69, 9.17) is 14.2 Å². The average Bonchev–Trinajstić information content (AvgIpc) is 0.844. The molecule has 3 rings (SSSR count). The van der Waals surface area contributed by atoms with E-state index in [-0.39, 0.29) is 46.3 Å². The summed E-state index contributed by atoms with van der Waals surface area (Å²) in [6.07, 6.45) is 49.4. The fourth-order valence-corrected chi connectivity index (χ4v) is 12.5. The summed E-state index contributed by atoms with van der Waals surface area (Å²) in [6, 6.07) is -1.91. The number of hydrogen-bond acceptors (Lipinski definition) is 8. The Balaban J connectivity index is 1.73. The second kappa shape index (κ2) is 45.2. The lowest BCUT2D eigenvalue weighted by atomic mass is 9.72. The van der Waals surface area contributed by atoms with Crippen molar-refractivity contribution in [1.82, 2.24) is 26.6 Å². The van der Waals surface area contributed by atoms with Crippen molar-refractivity contribution in [3.63, 3.8) is 0 Å². The van der Waals surface area contributed by atoms with E-state index in [0.717, 1.165) is 48.0 Å². The van der Waals surface area contributed by atoms with Gasteiger partial charge in [0.15, 0.2) is 0 Å². The molecule has 3 aliphatic rings. The maximum Gasteiger partial charge on any atom is 0.244 e. The molecule has 5 N–H and O–H groups in total. The summed E-state index contributed by atoms with van der Waals surface area (Å²) >= 11 is 0. The molecule has 0 aromatic heterocycles. The molecule has 0 radical (unpaired) electrons. The minimum Gasteiger partial charge on any atom is -0.379 e. The number of allylic oxidation sites excluding steroid dienone is 26. The third kappa shape index (κ3) is 34.9. The fourth-order valence-electron chi connectivity index (χ4n) is 12.5. The van der Waals surface area contributed by atoms with Gasteiger partial charge in [-0.3, -0.25) is 24.0 Å². The van der Waals surface area contributed by atoms with Crippen molar-refractivity contribution in [2.24, 2.45) is 22.2 Å². The monoisotopic (exact) mass is 1310 g/mol. The van der Waals surface area contributed by atoms with Crippen LogP contribution in [0.2, 0.25) is 0 Å². The molecule has 528 valence electrons. The van der Waals surface area contributed by atoms with Gasteiger partial charge in [0.25, 0.3) is 0 Å². The maximum absolute atomic E-state index is 14.5. The van der Waals surface area contributed by atoms with Crippen molar-refractivity contribution in [2.75, 3.05) is 59.3 Å². The molecule has 0 heterocycles. The summed E-state index contributed by atoms with van der Waals surface area (Å²) in [5.74, 6) is -1.54. The minimum absolute atomic E-state index is 0.0211. The van der Waals surface area contributed by atoms with E-state index in [1.54, 1.807) is 6.08 Å². The molecule has 0 saturated carbocycles. The molecule has 1 unspecified atom stereocenters. The largest absolute Gasteiger partial charge is 0.379 e. The Morgan fingerprint density at radius 2 is 0.874 bits per heavy atom. The predicted octanol–water partition coefficient (Wildman–Crippen LogP) is 17.2. The Bertz CT molecular complexity index is 2920. The standard InChI is InChI=1S/C82H127N5O8/c1-17-52-93-54-56-95-57-55-94-53-28-51-85-78(91)73(38-18-20-49-83-75(88)58-64(5)32-22-29-61(2)40-43-70-67(8)35-25-46-80(70,11)12)87-79(92)74(86-77(90)60-66(7)34-24-31-63(4)42-45-72-69(10)37-27-48-82(72,15)16)39-19-21-50-84-76(89)59-65(6)33-23-30-62(3)41-44-71-68(9)36-26-47-81(71,13)14/h22-24,29-34,40-45,58,60,65,73-74H,17-21,25-28,35-39,46-57,59H2,1-16H3,(H,83,88)(H,84,89)(H,85,91)(H,86,90)(H,87,92)/b32-22+,33-23+,34-24+,43-40+,44-41+,45-42+,61-29+,62-30+,63-31+,64-58+,66-60+/t65?,73-,74-/m1/s1. The molecule has 5 amide bonds. The SMILES string of the molecule is CCCOCCOCCOCCCNC(=O)[C@@H](CCCCNC(=O)/C=C(C)/C=C/C=C(C)/C=C/C1=C(C)CCCC1(C)C)NC(=O)[C@@H](CCCCNC(=O)CC(C)/C=C/C=C(C)/C=C/C1=C(C)CCCC1(C)C)NC(=O)/C=C(C)/C=C/C=C(C)/C=C/C1=C(C)CCCC1(C)C. The number of ether oxygens (including phenoxy) is 3. The number of nitrogens with one attached hydrogen (secondary N) is 5. The van der Waals surface area contributed by atoms with Gasteiger partial charge in [0, 0.05) is 51.4 Å². The Hall–Kier alpha value is -6.41. The third-order valence-corrected chi connectivity index (χ3v) is 18.2. The van der Waals surface area contributed by atoms with E-state index in [0.29, 0.717) is 110 Å². The van der Waals surface area contributed by atoms with Crippen LogP contribution in [0.1, 0.15) is 226 Å². The van der Waals surface area contributed by atoms with Crippen LogP contribution < -0.4 is 26.6 Å². The highest BCUT2D eigenvalue weighted by atomic mass is 16.5. The zero-order valence-corrected chi connectivity index (χ0v) is 61.9. The summed E-state index contributed by atoms with van der Waals surface area (Å²) in [6.45, 7) is 38.8. The normalized spacial score (nSPS) is 18.7. The number of hydrogen-bond donors (Lipinski definition) is 5. The van der Waals surface area contributed by atoms with Gasteiger partial charge in [0.2, 0.25) is 29.5 Å². The highest BCUT2D eigenvalue weighted by Gasteiger charge is 2.30. The number of rotatable bonds is 42. The number of amides is 5. The highest BCUT2D eigenvalue weighted by Crippen LogP contribution is 2.43. The predicted molar refractivity (Wildman–Crippen MR) is 396 cm³/mol. The molecule has 13 nitrogen and oxygen atoms in total. The summed E-state index contributed by atoms with van der Waals surface area (Å²) in [7, 11) is 0. The van der Waals surface area contributed by atoms with E-state index in [1.165, 1.54) is 78.0 Å². The molecule has 3 aliphatic carbocycles. The molecule has 0 saturated heterocycles. The van der Waals surface area contributed by atoms with Gasteiger partial charge in [-0.05, 0) is 215 Å². The quantitative estimate of drug-likeness (QED) is 0.0228. The zero-order valence-electron chi connectivity index (χ0n) is 61.9. The van der Waals surface area contributed by atoms with Crippen molar-refractivity contribution in [1.29, 1.82) is 0 Å². The van der Waals surface area contributed by atoms with Crippen LogP contribution in [0.25, 0.3) is 0 Å². The van der Waals surface area contributed by atoms with Crippen LogP contribution in [0.4, 0.5) is 0 Å². The van der Waals surface area contributed by atoms with Gasteiger partial charge in [-0.1, -0.05) is 180 Å². The van der Waals surface area contributed by atoms with Crippen molar-refractivity contribution >= 4 is 29.5 Å². The lowest BCUT2D eigenvalue weighted by Gasteiger charge is -2.33. The van der Waals surface area contributed by atoms with Gasteiger partial charge < -0.3 is 40.8 Å². The van der Waals surface area contributed by atoms with Crippen LogP contribution in [0.3, 0.4) is 0 Å². The molecule has 0 fully saturated rings. The second-order valence-corrected chi connectivity index (χ2v) is 28.8. The van der Waals surface area contributed by atoms with E-state index in [9.17, 15) is 24.0 Å².